The van der Waals surface area contributed by atoms with Crippen LogP contribution in [-0.4, -0.2) is 57.3 Å². The minimum Gasteiger partial charge on any atom is -0.349 e. The zero-order valence-electron chi connectivity index (χ0n) is 21.7. The van der Waals surface area contributed by atoms with Crippen molar-refractivity contribution >= 4 is 22.8 Å². The third-order valence-electron chi connectivity index (χ3n) is 8.35. The van der Waals surface area contributed by atoms with E-state index in [0.29, 0.717) is 18.1 Å². The smallest absolute Gasteiger partial charge is 0.222 e. The topological polar surface area (TPSA) is 70.5 Å². The van der Waals surface area contributed by atoms with Crippen molar-refractivity contribution in [2.75, 3.05) is 20.1 Å². The summed E-state index contributed by atoms with van der Waals surface area (Å²) in [5, 5.41) is 3.23. The summed E-state index contributed by atoms with van der Waals surface area (Å²) in [5.41, 5.74) is 2.12. The van der Waals surface area contributed by atoms with Crippen molar-refractivity contribution in [3.8, 4) is 0 Å². The summed E-state index contributed by atoms with van der Waals surface area (Å²) in [4.78, 5) is 33.0. The molecule has 8 heteroatoms. The highest BCUT2D eigenvalue weighted by Gasteiger charge is 2.50. The zero-order chi connectivity index (χ0) is 26.0. The number of nitrogens with zero attached hydrogens (tertiary/aromatic N) is 4. The average molecular weight is 506 g/mol. The van der Waals surface area contributed by atoms with E-state index in [9.17, 15) is 14.0 Å². The van der Waals surface area contributed by atoms with Gasteiger partial charge in [-0.2, -0.15) is 0 Å². The lowest BCUT2D eigenvalue weighted by Gasteiger charge is -2.46. The number of aromatic nitrogens is 2. The van der Waals surface area contributed by atoms with E-state index in [4.69, 9.17) is 0 Å². The van der Waals surface area contributed by atoms with Gasteiger partial charge in [-0.1, -0.05) is 36.4 Å². The van der Waals surface area contributed by atoms with Crippen LogP contribution in [0.2, 0.25) is 0 Å². The van der Waals surface area contributed by atoms with E-state index in [1.165, 1.54) is 13.0 Å². The Morgan fingerprint density at radius 3 is 2.76 bits per heavy atom. The van der Waals surface area contributed by atoms with Crippen molar-refractivity contribution in [2.45, 2.75) is 69.6 Å². The summed E-state index contributed by atoms with van der Waals surface area (Å²) in [5.74, 6) is -0.397. The summed E-state index contributed by atoms with van der Waals surface area (Å²) in [6, 6.07) is 15.6. The zero-order valence-corrected chi connectivity index (χ0v) is 21.7. The van der Waals surface area contributed by atoms with Crippen molar-refractivity contribution in [3.63, 3.8) is 0 Å². The van der Waals surface area contributed by atoms with E-state index >= 15 is 0 Å². The second kappa shape index (κ2) is 10.6. The largest absolute Gasteiger partial charge is 0.349 e. The predicted molar refractivity (Wildman–Crippen MR) is 141 cm³/mol. The van der Waals surface area contributed by atoms with Crippen molar-refractivity contribution < 1.29 is 14.0 Å². The maximum Gasteiger partial charge on any atom is 0.222 e. The van der Waals surface area contributed by atoms with Crippen LogP contribution in [0.4, 0.5) is 4.39 Å². The fourth-order valence-corrected chi connectivity index (χ4v) is 6.30. The third kappa shape index (κ3) is 4.99. The van der Waals surface area contributed by atoms with Gasteiger partial charge in [0, 0.05) is 39.5 Å². The lowest BCUT2D eigenvalue weighted by Crippen LogP contribution is -2.52. The third-order valence-corrected chi connectivity index (χ3v) is 8.35. The highest BCUT2D eigenvalue weighted by Crippen LogP contribution is 2.48. The van der Waals surface area contributed by atoms with Gasteiger partial charge in [0.1, 0.15) is 5.52 Å². The first kappa shape index (κ1) is 25.4. The molecular formula is C29H36FN5O2. The van der Waals surface area contributed by atoms with Gasteiger partial charge in [0.25, 0.3) is 0 Å². The number of carbonyl (C=O) groups excluding carboxylic acids is 2. The number of amides is 2. The van der Waals surface area contributed by atoms with Crippen LogP contribution in [0, 0.1) is 5.82 Å². The number of piperidine rings is 1. The van der Waals surface area contributed by atoms with Crippen LogP contribution >= 0.6 is 0 Å². The molecule has 0 spiro atoms. The minimum atomic E-state index is -0.285. The normalized spacial score (nSPS) is 22.2. The molecule has 3 atom stereocenters. The van der Waals surface area contributed by atoms with Gasteiger partial charge >= 0.3 is 0 Å². The van der Waals surface area contributed by atoms with Crippen LogP contribution in [0.5, 0.6) is 0 Å². The van der Waals surface area contributed by atoms with E-state index in [1.807, 2.05) is 30.6 Å². The maximum absolute atomic E-state index is 14.5. The number of para-hydroxylation sites is 1. The molecular weight excluding hydrogens is 469 g/mol. The van der Waals surface area contributed by atoms with E-state index in [1.54, 1.807) is 18.0 Å². The molecule has 1 N–H and O–H groups in total. The SMILES string of the molecule is CC(=O)N(C)CCC(=O)N[C@@H](CCN1C2CCCC1(n1cnc3c(F)cccc31)CC2)c1ccccc1. The van der Waals surface area contributed by atoms with Crippen LogP contribution in [0.1, 0.15) is 63.5 Å². The van der Waals surface area contributed by atoms with E-state index in [2.05, 4.69) is 31.9 Å². The predicted octanol–water partition coefficient (Wildman–Crippen LogP) is 4.59. The molecule has 0 radical (unpaired) electrons. The van der Waals surface area contributed by atoms with Crippen molar-refractivity contribution in [2.24, 2.45) is 0 Å². The average Bonchev–Trinajstić information content (AvgIpc) is 3.42. The Labute approximate surface area is 217 Å². The van der Waals surface area contributed by atoms with Crippen LogP contribution in [0.3, 0.4) is 0 Å². The molecule has 1 aromatic heterocycles. The molecule has 5 rings (SSSR count). The molecule has 196 valence electrons. The molecule has 2 bridgehead atoms. The Morgan fingerprint density at radius 1 is 1.16 bits per heavy atom. The Morgan fingerprint density at radius 2 is 1.97 bits per heavy atom. The second-order valence-electron chi connectivity index (χ2n) is 10.5. The van der Waals surface area contributed by atoms with E-state index in [-0.39, 0.29) is 35.8 Å². The molecule has 7 nitrogen and oxygen atoms in total. The highest BCUT2D eigenvalue weighted by atomic mass is 19.1. The lowest BCUT2D eigenvalue weighted by atomic mass is 9.94. The molecule has 3 aromatic rings. The highest BCUT2D eigenvalue weighted by molar-refractivity contribution is 5.78. The Hall–Kier alpha value is -3.26. The molecule has 37 heavy (non-hydrogen) atoms. The fraction of sp³-hybridized carbons (Fsp3) is 0.483. The first-order valence-electron chi connectivity index (χ1n) is 13.3. The number of fused-ring (bicyclic) bond motifs is 3. The molecule has 2 unspecified atom stereocenters. The van der Waals surface area contributed by atoms with Crippen molar-refractivity contribution in [1.29, 1.82) is 0 Å². The molecule has 2 amide bonds. The Bertz CT molecular complexity index is 1260. The van der Waals surface area contributed by atoms with E-state index in [0.717, 1.165) is 56.1 Å². The number of hydrogen-bond donors (Lipinski definition) is 1. The minimum absolute atomic E-state index is 0.0508. The molecule has 3 heterocycles. The van der Waals surface area contributed by atoms with Gasteiger partial charge in [-0.25, -0.2) is 9.37 Å². The fourth-order valence-electron chi connectivity index (χ4n) is 6.30. The van der Waals surface area contributed by atoms with Crippen molar-refractivity contribution in [1.82, 2.24) is 24.7 Å². The van der Waals surface area contributed by atoms with Crippen molar-refractivity contribution in [3.05, 3.63) is 66.2 Å². The number of imidazole rings is 1. The standard InChI is InChI=1S/C29H36FN5O2/c1-21(36)33(2)18-15-27(37)32-25(22-8-4-3-5-9-22)14-19-34-23-10-7-16-29(34,17-13-23)35-20-31-28-24(30)11-6-12-26(28)35/h3-6,8-9,11-12,20,23,25H,7,10,13-19H2,1-2H3,(H,32,37)/t23?,25-,29?/m0/s1. The van der Waals surface area contributed by atoms with E-state index < -0.39 is 0 Å². The van der Waals surface area contributed by atoms with Gasteiger partial charge in [-0.3, -0.25) is 14.5 Å². The molecule has 2 aliphatic heterocycles. The van der Waals surface area contributed by atoms with Gasteiger partial charge in [-0.15, -0.1) is 0 Å². The van der Waals surface area contributed by atoms with Gasteiger partial charge in [0.15, 0.2) is 5.82 Å². The van der Waals surface area contributed by atoms with Gasteiger partial charge < -0.3 is 14.8 Å². The summed E-state index contributed by atoms with van der Waals surface area (Å²) in [7, 11) is 1.71. The van der Waals surface area contributed by atoms with Gasteiger partial charge in [0.2, 0.25) is 11.8 Å². The first-order valence-corrected chi connectivity index (χ1v) is 13.3. The summed E-state index contributed by atoms with van der Waals surface area (Å²) in [6.45, 7) is 2.71. The number of carbonyl (C=O) groups is 2. The molecule has 0 saturated carbocycles. The summed E-state index contributed by atoms with van der Waals surface area (Å²) < 4.78 is 16.7. The maximum atomic E-state index is 14.5. The monoisotopic (exact) mass is 505 g/mol. The molecule has 0 aliphatic carbocycles. The molecule has 2 fully saturated rings. The quantitative estimate of drug-likeness (QED) is 0.462. The second-order valence-corrected chi connectivity index (χ2v) is 10.5. The number of halogens is 1. The Balaban J connectivity index is 1.36. The first-order chi connectivity index (χ1) is 17.9. The van der Waals surface area contributed by atoms with Gasteiger partial charge in [0.05, 0.1) is 23.5 Å². The van der Waals surface area contributed by atoms with Gasteiger partial charge in [-0.05, 0) is 56.2 Å². The molecule has 2 aromatic carbocycles. The summed E-state index contributed by atoms with van der Waals surface area (Å²) >= 11 is 0. The number of benzene rings is 2. The van der Waals surface area contributed by atoms with Crippen LogP contribution in [0.15, 0.2) is 54.9 Å². The molecule has 2 aliphatic rings. The number of hydrogen-bond acceptors (Lipinski definition) is 4. The van der Waals surface area contributed by atoms with Crippen LogP contribution < -0.4 is 5.32 Å². The lowest BCUT2D eigenvalue weighted by molar-refractivity contribution is -0.128. The number of nitrogens with one attached hydrogen (secondary N) is 1. The molecule has 2 saturated heterocycles. The Kier molecular flexibility index (Phi) is 7.29. The number of rotatable bonds is 9. The summed E-state index contributed by atoms with van der Waals surface area (Å²) in [6.07, 6.45) is 8.26. The van der Waals surface area contributed by atoms with Crippen LogP contribution in [-0.2, 0) is 15.3 Å². The van der Waals surface area contributed by atoms with Crippen LogP contribution in [0.25, 0.3) is 11.0 Å².